The Morgan fingerprint density at radius 3 is 2.92 bits per heavy atom. The van der Waals surface area contributed by atoms with Crippen LogP contribution >= 0.6 is 11.8 Å². The first-order chi connectivity index (χ1) is 11.6. The van der Waals surface area contributed by atoms with E-state index in [9.17, 15) is 9.90 Å². The highest BCUT2D eigenvalue weighted by molar-refractivity contribution is 7.99. The van der Waals surface area contributed by atoms with Crippen LogP contribution < -0.4 is 5.63 Å². The number of hydrogen-bond acceptors (Lipinski definition) is 4. The molecule has 0 bridgehead atoms. The van der Waals surface area contributed by atoms with Gasteiger partial charge in [-0.1, -0.05) is 39.5 Å². The average molecular weight is 346 g/mol. The highest BCUT2D eigenvalue weighted by atomic mass is 32.2. The average Bonchev–Trinajstić information content (AvgIpc) is 3.03. The van der Waals surface area contributed by atoms with Crippen LogP contribution in [0.1, 0.15) is 57.1 Å². The summed E-state index contributed by atoms with van der Waals surface area (Å²) in [5.41, 5.74) is 2.29. The lowest BCUT2D eigenvalue weighted by atomic mass is 9.95. The molecule has 0 saturated carbocycles. The van der Waals surface area contributed by atoms with Crippen LogP contribution in [0.15, 0.2) is 26.2 Å². The van der Waals surface area contributed by atoms with Gasteiger partial charge in [0, 0.05) is 5.75 Å². The first kappa shape index (κ1) is 17.4. The highest BCUT2D eigenvalue weighted by Gasteiger charge is 2.22. The predicted octanol–water partition coefficient (Wildman–Crippen LogP) is 5.30. The molecule has 0 spiro atoms. The van der Waals surface area contributed by atoms with Crippen LogP contribution in [0.4, 0.5) is 0 Å². The quantitative estimate of drug-likeness (QED) is 0.546. The van der Waals surface area contributed by atoms with Crippen molar-refractivity contribution in [1.29, 1.82) is 0 Å². The molecule has 0 amide bonds. The second kappa shape index (κ2) is 7.64. The Balaban J connectivity index is 1.79. The van der Waals surface area contributed by atoms with Gasteiger partial charge in [-0.05, 0) is 48.4 Å². The molecule has 2 heterocycles. The first-order valence-corrected chi connectivity index (χ1v) is 10.0. The maximum atomic E-state index is 12.1. The molecule has 1 N–H and O–H groups in total. The van der Waals surface area contributed by atoms with E-state index in [1.54, 1.807) is 0 Å². The Labute approximate surface area is 147 Å². The number of rotatable bonds is 7. The Hall–Kier alpha value is -1.42. The Morgan fingerprint density at radius 2 is 2.12 bits per heavy atom. The molecule has 1 aliphatic rings. The van der Waals surface area contributed by atoms with Crippen LogP contribution in [0.5, 0.6) is 5.75 Å². The van der Waals surface area contributed by atoms with E-state index in [0.717, 1.165) is 41.5 Å². The number of hydrogen-bond donors (Lipinski definition) is 1. The molecule has 24 heavy (non-hydrogen) atoms. The maximum Gasteiger partial charge on any atom is 0.350 e. The summed E-state index contributed by atoms with van der Waals surface area (Å²) in [6, 6.07) is 3.79. The molecule has 1 aromatic carbocycles. The molecule has 0 radical (unpaired) electrons. The zero-order valence-electron chi connectivity index (χ0n) is 14.6. The second-order valence-corrected chi connectivity index (χ2v) is 8.03. The van der Waals surface area contributed by atoms with Crippen molar-refractivity contribution in [2.24, 2.45) is 5.92 Å². The van der Waals surface area contributed by atoms with E-state index < -0.39 is 0 Å². The van der Waals surface area contributed by atoms with Crippen molar-refractivity contribution < 1.29 is 9.52 Å². The molecule has 1 atom stereocenters. The largest absolute Gasteiger partial charge is 0.507 e. The van der Waals surface area contributed by atoms with Crippen LogP contribution in [0, 0.1) is 5.92 Å². The minimum atomic E-state index is -0.260. The molecular weight excluding hydrogens is 320 g/mol. The maximum absolute atomic E-state index is 12.1. The Bertz CT molecular complexity index is 779. The van der Waals surface area contributed by atoms with Gasteiger partial charge in [0.25, 0.3) is 0 Å². The third-order valence-corrected chi connectivity index (χ3v) is 6.04. The van der Waals surface area contributed by atoms with Crippen molar-refractivity contribution in [3.63, 3.8) is 0 Å². The third-order valence-electron chi connectivity index (χ3n) is 4.93. The van der Waals surface area contributed by atoms with E-state index >= 15 is 0 Å². The van der Waals surface area contributed by atoms with E-state index in [2.05, 4.69) is 13.8 Å². The van der Waals surface area contributed by atoms with Gasteiger partial charge in [0.1, 0.15) is 11.3 Å². The van der Waals surface area contributed by atoms with Crippen molar-refractivity contribution in [3.8, 4) is 5.75 Å². The van der Waals surface area contributed by atoms with E-state index in [1.807, 2.05) is 12.1 Å². The fraction of sp³-hybridized carbons (Fsp3) is 0.550. The van der Waals surface area contributed by atoms with E-state index in [4.69, 9.17) is 4.42 Å². The zero-order valence-corrected chi connectivity index (χ0v) is 15.4. The second-order valence-electron chi connectivity index (χ2n) is 6.92. The number of phenols is 1. The van der Waals surface area contributed by atoms with Gasteiger partial charge in [0.05, 0.1) is 10.3 Å². The summed E-state index contributed by atoms with van der Waals surface area (Å²) in [7, 11) is 0. The molecule has 1 aliphatic heterocycles. The van der Waals surface area contributed by atoms with Crippen molar-refractivity contribution in [2.75, 3.05) is 5.75 Å². The van der Waals surface area contributed by atoms with Gasteiger partial charge < -0.3 is 9.52 Å². The minimum Gasteiger partial charge on any atom is -0.507 e. The van der Waals surface area contributed by atoms with E-state index in [0.29, 0.717) is 16.4 Å². The molecule has 3 rings (SSSR count). The molecule has 130 valence electrons. The van der Waals surface area contributed by atoms with Crippen LogP contribution in [-0.2, 0) is 12.8 Å². The number of unbranched alkanes of at least 4 members (excludes halogenated alkanes) is 2. The molecule has 0 fully saturated rings. The minimum absolute atomic E-state index is 0.253. The van der Waals surface area contributed by atoms with Gasteiger partial charge in [0.2, 0.25) is 0 Å². The lowest BCUT2D eigenvalue weighted by Gasteiger charge is -2.12. The summed E-state index contributed by atoms with van der Waals surface area (Å²) in [6.07, 6.45) is 7.93. The first-order valence-electron chi connectivity index (χ1n) is 9.04. The molecule has 1 aromatic heterocycles. The molecule has 0 saturated heterocycles. The molecule has 0 aliphatic carbocycles. The summed E-state index contributed by atoms with van der Waals surface area (Å²) in [5.74, 6) is 1.82. The summed E-state index contributed by atoms with van der Waals surface area (Å²) < 4.78 is 5.48. The number of aromatic hydroxyl groups is 1. The van der Waals surface area contributed by atoms with Gasteiger partial charge in [-0.2, -0.15) is 0 Å². The molecule has 1 unspecified atom stereocenters. The standard InChI is InChI=1S/C20H26O3S/c1-3-4-5-6-13(2)7-8-14-11-16(21)18-15-9-10-24-19(15)20(22)23-17(18)12-14/h11-13,21H,3-10H2,1-2H3. The van der Waals surface area contributed by atoms with Gasteiger partial charge in [0.15, 0.2) is 0 Å². The van der Waals surface area contributed by atoms with Gasteiger partial charge in [-0.25, -0.2) is 4.79 Å². The van der Waals surface area contributed by atoms with Crippen molar-refractivity contribution in [2.45, 2.75) is 63.7 Å². The SMILES string of the molecule is CCCCCC(C)CCc1cc(O)c2c3c(c(=O)oc2c1)SCC3. The van der Waals surface area contributed by atoms with Crippen LogP contribution in [0.3, 0.4) is 0 Å². The van der Waals surface area contributed by atoms with Crippen LogP contribution in [0.25, 0.3) is 11.0 Å². The van der Waals surface area contributed by atoms with Crippen LogP contribution in [-0.4, -0.2) is 10.9 Å². The predicted molar refractivity (Wildman–Crippen MR) is 100 cm³/mol. The lowest BCUT2D eigenvalue weighted by Crippen LogP contribution is -2.04. The fourth-order valence-electron chi connectivity index (χ4n) is 3.51. The molecule has 3 nitrogen and oxygen atoms in total. The molecule has 2 aromatic rings. The molecular formula is C20H26O3S. The Kier molecular flexibility index (Phi) is 5.54. The van der Waals surface area contributed by atoms with E-state index in [1.165, 1.54) is 37.4 Å². The normalized spacial score (nSPS) is 14.9. The van der Waals surface area contributed by atoms with Gasteiger partial charge in [-0.3, -0.25) is 0 Å². The number of aryl methyl sites for hydroxylation is 2. The highest BCUT2D eigenvalue weighted by Crippen LogP contribution is 2.38. The lowest BCUT2D eigenvalue weighted by molar-refractivity contribution is 0.460. The summed E-state index contributed by atoms with van der Waals surface area (Å²) in [5, 5.41) is 11.2. The summed E-state index contributed by atoms with van der Waals surface area (Å²) in [6.45, 7) is 4.52. The van der Waals surface area contributed by atoms with Crippen LogP contribution in [0.2, 0.25) is 0 Å². The van der Waals surface area contributed by atoms with Gasteiger partial charge in [-0.15, -0.1) is 11.8 Å². The Morgan fingerprint density at radius 1 is 1.29 bits per heavy atom. The third kappa shape index (κ3) is 3.64. The van der Waals surface area contributed by atoms with Crippen molar-refractivity contribution in [1.82, 2.24) is 0 Å². The smallest absolute Gasteiger partial charge is 0.350 e. The fourth-order valence-corrected chi connectivity index (χ4v) is 4.56. The number of thioether (sulfide) groups is 1. The zero-order chi connectivity index (χ0) is 17.1. The number of phenolic OH excluding ortho intramolecular Hbond substituents is 1. The summed E-state index contributed by atoms with van der Waals surface area (Å²) in [4.78, 5) is 12.8. The molecule has 4 heteroatoms. The topological polar surface area (TPSA) is 50.4 Å². The summed E-state index contributed by atoms with van der Waals surface area (Å²) >= 11 is 1.53. The van der Waals surface area contributed by atoms with Crippen molar-refractivity contribution in [3.05, 3.63) is 33.7 Å². The van der Waals surface area contributed by atoms with E-state index in [-0.39, 0.29) is 11.4 Å². The van der Waals surface area contributed by atoms with Crippen molar-refractivity contribution >= 4 is 22.7 Å². The number of benzene rings is 1. The number of fused-ring (bicyclic) bond motifs is 3. The van der Waals surface area contributed by atoms with Gasteiger partial charge >= 0.3 is 5.63 Å². The monoisotopic (exact) mass is 346 g/mol.